The Morgan fingerprint density at radius 3 is 2.51 bits per heavy atom. The minimum absolute atomic E-state index is 0.0634. The van der Waals surface area contributed by atoms with Crippen LogP contribution >= 0.6 is 0 Å². The van der Waals surface area contributed by atoms with Crippen molar-refractivity contribution in [1.29, 1.82) is 0 Å². The van der Waals surface area contributed by atoms with E-state index in [-0.39, 0.29) is 18.8 Å². The van der Waals surface area contributed by atoms with Gasteiger partial charge in [-0.05, 0) is 57.9 Å². The normalized spacial score (nSPS) is 16.5. The van der Waals surface area contributed by atoms with Crippen molar-refractivity contribution in [3.05, 3.63) is 65.9 Å². The monoisotopic (exact) mass is 509 g/mol. The molecule has 1 aliphatic rings. The summed E-state index contributed by atoms with van der Waals surface area (Å²) in [5.74, 6) is 1.88. The molecule has 2 atom stereocenters. The lowest BCUT2D eigenvalue weighted by Gasteiger charge is -2.28. The summed E-state index contributed by atoms with van der Waals surface area (Å²) in [4.78, 5) is 2.22. The highest BCUT2D eigenvalue weighted by molar-refractivity contribution is 5.47. The van der Waals surface area contributed by atoms with Gasteiger partial charge in [0.2, 0.25) is 5.88 Å². The average molecular weight is 510 g/mol. The summed E-state index contributed by atoms with van der Waals surface area (Å²) in [6, 6.07) is 17.5. The Labute approximate surface area is 219 Å². The van der Waals surface area contributed by atoms with Crippen molar-refractivity contribution < 1.29 is 24.1 Å². The number of rotatable bonds is 13. The maximum Gasteiger partial charge on any atom is 0.227 e. The average Bonchev–Trinajstić information content (AvgIpc) is 3.52. The molecule has 0 bridgehead atoms. The van der Waals surface area contributed by atoms with Crippen LogP contribution in [0.25, 0.3) is 5.69 Å². The minimum atomic E-state index is -0.619. The second-order valence-corrected chi connectivity index (χ2v) is 9.73. The van der Waals surface area contributed by atoms with Crippen LogP contribution in [0.3, 0.4) is 0 Å². The van der Waals surface area contributed by atoms with Gasteiger partial charge >= 0.3 is 0 Å². The van der Waals surface area contributed by atoms with Crippen LogP contribution in [-0.2, 0) is 16.0 Å². The third-order valence-corrected chi connectivity index (χ3v) is 6.37. The van der Waals surface area contributed by atoms with E-state index in [1.807, 2.05) is 80.1 Å². The Morgan fingerprint density at radius 1 is 1.11 bits per heavy atom. The van der Waals surface area contributed by atoms with E-state index in [4.69, 9.17) is 24.0 Å². The van der Waals surface area contributed by atoms with E-state index in [1.54, 1.807) is 7.11 Å². The number of hydrogen-bond donors (Lipinski definition) is 1. The van der Waals surface area contributed by atoms with Crippen molar-refractivity contribution in [2.75, 3.05) is 33.4 Å². The Morgan fingerprint density at radius 2 is 1.84 bits per heavy atom. The van der Waals surface area contributed by atoms with E-state index in [1.165, 1.54) is 0 Å². The van der Waals surface area contributed by atoms with Crippen molar-refractivity contribution in [2.45, 2.75) is 58.5 Å². The van der Waals surface area contributed by atoms with Gasteiger partial charge in [0.05, 0.1) is 49.0 Å². The fraction of sp³-hybridized carbons (Fsp3) is 0.483. The summed E-state index contributed by atoms with van der Waals surface area (Å²) in [5, 5.41) is 15.6. The van der Waals surface area contributed by atoms with Crippen LogP contribution in [0.2, 0.25) is 0 Å². The zero-order chi connectivity index (χ0) is 26.2. The molecule has 1 N–H and O–H groups in total. The SMILES string of the molecule is COc1ccccc1Oc1c(CN(CC(O)COC(C)C)CC2CCCO2)c(C)nn1-c1ccccc1. The molecule has 37 heavy (non-hydrogen) atoms. The Kier molecular flexibility index (Phi) is 9.57. The molecule has 1 aromatic heterocycles. The van der Waals surface area contributed by atoms with E-state index in [2.05, 4.69) is 4.90 Å². The van der Waals surface area contributed by atoms with Gasteiger partial charge in [-0.25, -0.2) is 4.68 Å². The van der Waals surface area contributed by atoms with Crippen molar-refractivity contribution in [1.82, 2.24) is 14.7 Å². The lowest BCUT2D eigenvalue weighted by atomic mass is 10.1. The van der Waals surface area contributed by atoms with Crippen molar-refractivity contribution >= 4 is 0 Å². The van der Waals surface area contributed by atoms with Crippen LogP contribution in [0.4, 0.5) is 0 Å². The van der Waals surface area contributed by atoms with Crippen molar-refractivity contribution in [3.8, 4) is 23.1 Å². The summed E-state index contributed by atoms with van der Waals surface area (Å²) in [6.07, 6.45) is 1.66. The van der Waals surface area contributed by atoms with Crippen LogP contribution < -0.4 is 9.47 Å². The van der Waals surface area contributed by atoms with E-state index < -0.39 is 6.10 Å². The third-order valence-electron chi connectivity index (χ3n) is 6.37. The molecule has 2 aromatic carbocycles. The van der Waals surface area contributed by atoms with E-state index in [9.17, 15) is 5.11 Å². The standard InChI is InChI=1S/C29H39N3O5/c1-21(2)36-20-24(33)17-31(18-25-13-10-16-35-25)19-26-22(3)30-32(23-11-6-5-7-12-23)29(26)37-28-15-9-8-14-27(28)34-4/h5-9,11-12,14-15,21,24-25,33H,10,13,16-20H2,1-4H3. The number of nitrogens with zero attached hydrogens (tertiary/aromatic N) is 3. The predicted octanol–water partition coefficient (Wildman–Crippen LogP) is 4.75. The van der Waals surface area contributed by atoms with Crippen LogP contribution in [0.15, 0.2) is 54.6 Å². The van der Waals surface area contributed by atoms with E-state index in [0.29, 0.717) is 37.0 Å². The topological polar surface area (TPSA) is 78.2 Å². The Bertz CT molecular complexity index is 1110. The summed E-state index contributed by atoms with van der Waals surface area (Å²) < 4.78 is 25.5. The van der Waals surface area contributed by atoms with Gasteiger partial charge in [-0.2, -0.15) is 5.10 Å². The molecule has 2 unspecified atom stereocenters. The first-order valence-corrected chi connectivity index (χ1v) is 13.0. The molecule has 1 fully saturated rings. The summed E-state index contributed by atoms with van der Waals surface area (Å²) in [7, 11) is 1.63. The van der Waals surface area contributed by atoms with Gasteiger partial charge in [0.1, 0.15) is 0 Å². The molecular weight excluding hydrogens is 470 g/mol. The van der Waals surface area contributed by atoms with Gasteiger partial charge in [-0.1, -0.05) is 30.3 Å². The van der Waals surface area contributed by atoms with E-state index >= 15 is 0 Å². The molecule has 2 heterocycles. The Hall–Kier alpha value is -2.91. The number of ether oxygens (including phenoxy) is 4. The molecule has 4 rings (SSSR count). The predicted molar refractivity (Wildman–Crippen MR) is 143 cm³/mol. The quantitative estimate of drug-likeness (QED) is 0.356. The van der Waals surface area contributed by atoms with Gasteiger partial charge < -0.3 is 24.1 Å². The molecule has 1 aliphatic heterocycles. The zero-order valence-electron chi connectivity index (χ0n) is 22.3. The summed E-state index contributed by atoms with van der Waals surface area (Å²) >= 11 is 0. The largest absolute Gasteiger partial charge is 0.493 e. The first-order valence-electron chi connectivity index (χ1n) is 13.0. The summed E-state index contributed by atoms with van der Waals surface area (Å²) in [5.41, 5.74) is 2.71. The number of aliphatic hydroxyl groups excluding tert-OH is 1. The number of methoxy groups -OCH3 is 1. The highest BCUT2D eigenvalue weighted by atomic mass is 16.5. The molecule has 1 saturated heterocycles. The number of para-hydroxylation sites is 3. The second kappa shape index (κ2) is 13.1. The maximum absolute atomic E-state index is 10.8. The fourth-order valence-electron chi connectivity index (χ4n) is 4.53. The maximum atomic E-state index is 10.8. The second-order valence-electron chi connectivity index (χ2n) is 9.73. The van der Waals surface area contributed by atoms with Gasteiger partial charge in [-0.3, -0.25) is 4.90 Å². The number of aliphatic hydroxyl groups is 1. The number of aromatic nitrogens is 2. The Balaban J connectivity index is 1.67. The number of benzene rings is 2. The number of aryl methyl sites for hydroxylation is 1. The lowest BCUT2D eigenvalue weighted by Crippen LogP contribution is -2.39. The van der Waals surface area contributed by atoms with Gasteiger partial charge in [0, 0.05) is 26.2 Å². The molecule has 0 aliphatic carbocycles. The fourth-order valence-corrected chi connectivity index (χ4v) is 4.53. The molecule has 0 radical (unpaired) electrons. The number of hydrogen-bond acceptors (Lipinski definition) is 7. The third kappa shape index (κ3) is 7.32. The first kappa shape index (κ1) is 27.1. The van der Waals surface area contributed by atoms with E-state index in [0.717, 1.165) is 36.4 Å². The summed E-state index contributed by atoms with van der Waals surface area (Å²) in [6.45, 7) is 8.71. The lowest BCUT2D eigenvalue weighted by molar-refractivity contribution is -0.0173. The minimum Gasteiger partial charge on any atom is -0.493 e. The molecule has 200 valence electrons. The molecule has 0 amide bonds. The smallest absolute Gasteiger partial charge is 0.227 e. The van der Waals surface area contributed by atoms with Gasteiger partial charge in [0.15, 0.2) is 11.5 Å². The zero-order valence-corrected chi connectivity index (χ0v) is 22.3. The molecule has 0 saturated carbocycles. The van der Waals surface area contributed by atoms with Crippen molar-refractivity contribution in [2.24, 2.45) is 0 Å². The van der Waals surface area contributed by atoms with Crippen molar-refractivity contribution in [3.63, 3.8) is 0 Å². The van der Waals surface area contributed by atoms with Gasteiger partial charge in [0.25, 0.3) is 0 Å². The van der Waals surface area contributed by atoms with Crippen LogP contribution in [0, 0.1) is 6.92 Å². The van der Waals surface area contributed by atoms with Crippen LogP contribution in [0.5, 0.6) is 17.4 Å². The molecule has 8 nitrogen and oxygen atoms in total. The van der Waals surface area contributed by atoms with Crippen LogP contribution in [0.1, 0.15) is 37.9 Å². The molecule has 8 heteroatoms. The highest BCUT2D eigenvalue weighted by Gasteiger charge is 2.26. The first-order chi connectivity index (χ1) is 17.9. The van der Waals surface area contributed by atoms with Gasteiger partial charge in [-0.15, -0.1) is 0 Å². The molecular formula is C29H39N3O5. The molecule has 3 aromatic rings. The molecule has 0 spiro atoms. The highest BCUT2D eigenvalue weighted by Crippen LogP contribution is 2.36. The van der Waals surface area contributed by atoms with Crippen LogP contribution in [-0.4, -0.2) is 71.5 Å².